The van der Waals surface area contributed by atoms with Gasteiger partial charge in [0.2, 0.25) is 0 Å². The molecular formula is C6H15NSi. The van der Waals surface area contributed by atoms with Gasteiger partial charge in [-0.25, -0.2) is 0 Å². The van der Waals surface area contributed by atoms with Crippen molar-refractivity contribution < 1.29 is 4.57 Å². The van der Waals surface area contributed by atoms with Crippen LogP contribution in [-0.4, -0.2) is 14.8 Å². The molecule has 1 saturated heterocycles. The summed E-state index contributed by atoms with van der Waals surface area (Å²) in [6.07, 6.45) is 1.41. The van der Waals surface area contributed by atoms with E-state index in [2.05, 4.69) is 20.1 Å². The standard InChI is InChI=1S/C6H15NSi/c1-7-5-4-6-8(7,2)3/h7H,1,4-6H2,2-3H3. The molecule has 1 unspecified atom stereocenters. The van der Waals surface area contributed by atoms with Crippen LogP contribution in [0.1, 0.15) is 6.42 Å². The summed E-state index contributed by atoms with van der Waals surface area (Å²) in [6, 6.07) is 1.48. The van der Waals surface area contributed by atoms with Gasteiger partial charge in [-0.1, -0.05) is 0 Å². The summed E-state index contributed by atoms with van der Waals surface area (Å²) in [6.45, 7) is 6.16. The maximum Gasteiger partial charge on any atom is 0.252 e. The van der Waals surface area contributed by atoms with Crippen LogP contribution in [0.25, 0.3) is 0 Å². The quantitative estimate of drug-likeness (QED) is 0.354. The van der Waals surface area contributed by atoms with Crippen LogP contribution in [0.15, 0.2) is 0 Å². The number of rotatable bonds is 0. The van der Waals surface area contributed by atoms with E-state index >= 15 is 0 Å². The Morgan fingerprint density at radius 1 is 1.50 bits per heavy atom. The van der Waals surface area contributed by atoms with Gasteiger partial charge >= 0.3 is 0 Å². The molecule has 0 spiro atoms. The second-order valence-electron chi connectivity index (χ2n) is 3.34. The van der Waals surface area contributed by atoms with E-state index in [1.807, 2.05) is 0 Å². The van der Waals surface area contributed by atoms with E-state index in [-0.39, 0.29) is 0 Å². The van der Waals surface area contributed by atoms with E-state index < -0.39 is 8.24 Å². The van der Waals surface area contributed by atoms with Crippen molar-refractivity contribution in [3.63, 3.8) is 0 Å². The lowest BCUT2D eigenvalue weighted by Gasteiger charge is -2.27. The summed E-state index contributed by atoms with van der Waals surface area (Å²) in [5, 5.41) is 0. The molecular weight excluding hydrogens is 114 g/mol. The Morgan fingerprint density at radius 3 is 2.25 bits per heavy atom. The fraction of sp³-hybridized carbons (Fsp3) is 0.833. The average Bonchev–Trinajstić information content (AvgIpc) is 1.86. The van der Waals surface area contributed by atoms with E-state index in [0.29, 0.717) is 0 Å². The number of hydrogen-bond acceptors (Lipinski definition) is 0. The van der Waals surface area contributed by atoms with E-state index in [9.17, 15) is 0 Å². The first kappa shape index (κ1) is 6.30. The van der Waals surface area contributed by atoms with Crippen LogP contribution in [0, 0.1) is 7.05 Å². The number of nitrogens with one attached hydrogen (secondary N) is 1. The van der Waals surface area contributed by atoms with Crippen molar-refractivity contribution in [1.82, 2.24) is 0 Å². The van der Waals surface area contributed by atoms with E-state index in [1.54, 1.807) is 4.57 Å². The minimum atomic E-state index is -0.838. The van der Waals surface area contributed by atoms with Crippen molar-refractivity contribution >= 4 is 8.24 Å². The maximum absolute atomic E-state index is 4.07. The zero-order chi connectivity index (χ0) is 6.20. The van der Waals surface area contributed by atoms with Gasteiger partial charge in [0.25, 0.3) is 8.24 Å². The normalized spacial score (nSPS) is 35.6. The summed E-state index contributed by atoms with van der Waals surface area (Å²) in [5.41, 5.74) is 0. The second-order valence-corrected chi connectivity index (χ2v) is 8.32. The molecule has 0 bridgehead atoms. The molecule has 2 heteroatoms. The molecule has 1 fully saturated rings. The number of hydrogen-bond donors (Lipinski definition) is 1. The van der Waals surface area contributed by atoms with Gasteiger partial charge in [0, 0.05) is 6.54 Å². The Morgan fingerprint density at radius 2 is 2.12 bits per heavy atom. The monoisotopic (exact) mass is 129 g/mol. The topological polar surface area (TPSA) is 4.44 Å². The zero-order valence-corrected chi connectivity index (χ0v) is 6.83. The minimum Gasteiger partial charge on any atom is -0.530 e. The van der Waals surface area contributed by atoms with E-state index in [0.717, 1.165) is 0 Å². The van der Waals surface area contributed by atoms with Crippen LogP contribution < -0.4 is 4.57 Å². The SMILES string of the molecule is [CH2-][NH+]1CCC[Si]1(C)C. The van der Waals surface area contributed by atoms with Crippen molar-refractivity contribution in [3.8, 4) is 0 Å². The third kappa shape index (κ3) is 0.953. The Labute approximate surface area is 52.8 Å². The van der Waals surface area contributed by atoms with Gasteiger partial charge in [-0.3, -0.25) is 0 Å². The predicted molar refractivity (Wildman–Crippen MR) is 38.1 cm³/mol. The molecule has 0 aromatic rings. The lowest BCUT2D eigenvalue weighted by molar-refractivity contribution is -0.736. The average molecular weight is 129 g/mol. The molecule has 0 radical (unpaired) electrons. The lowest BCUT2D eigenvalue weighted by Crippen LogP contribution is -3.15. The fourth-order valence-electron chi connectivity index (χ4n) is 1.26. The molecule has 48 valence electrons. The molecule has 0 saturated carbocycles. The van der Waals surface area contributed by atoms with Gasteiger partial charge in [0.1, 0.15) is 0 Å². The van der Waals surface area contributed by atoms with E-state index in [4.69, 9.17) is 0 Å². The largest absolute Gasteiger partial charge is 0.530 e. The van der Waals surface area contributed by atoms with Crippen molar-refractivity contribution in [3.05, 3.63) is 7.05 Å². The Kier molecular flexibility index (Phi) is 1.45. The molecule has 1 nitrogen and oxygen atoms in total. The van der Waals surface area contributed by atoms with Crippen molar-refractivity contribution in [1.29, 1.82) is 0 Å². The van der Waals surface area contributed by atoms with Gasteiger partial charge in [-0.15, -0.1) is 0 Å². The van der Waals surface area contributed by atoms with Crippen molar-refractivity contribution in [2.75, 3.05) is 6.54 Å². The third-order valence-corrected chi connectivity index (χ3v) is 6.01. The molecule has 1 rings (SSSR count). The highest BCUT2D eigenvalue weighted by Gasteiger charge is 2.33. The van der Waals surface area contributed by atoms with Crippen LogP contribution in [0.4, 0.5) is 0 Å². The molecule has 0 aliphatic carbocycles. The molecule has 1 heterocycles. The Balaban J connectivity index is 2.54. The summed E-state index contributed by atoms with van der Waals surface area (Å²) >= 11 is 0. The molecule has 0 aromatic heterocycles. The molecule has 1 aliphatic rings. The maximum atomic E-state index is 4.07. The van der Waals surface area contributed by atoms with Crippen molar-refractivity contribution in [2.24, 2.45) is 0 Å². The zero-order valence-electron chi connectivity index (χ0n) is 5.83. The summed E-state index contributed by atoms with van der Waals surface area (Å²) in [4.78, 5) is 0. The second kappa shape index (κ2) is 1.85. The highest BCUT2D eigenvalue weighted by molar-refractivity contribution is 6.69. The van der Waals surface area contributed by atoms with Gasteiger partial charge in [-0.05, 0) is 25.6 Å². The summed E-state index contributed by atoms with van der Waals surface area (Å²) < 4.78 is 1.58. The third-order valence-electron chi connectivity index (χ3n) is 2.24. The molecule has 8 heavy (non-hydrogen) atoms. The fourth-order valence-corrected chi connectivity index (χ4v) is 3.53. The lowest BCUT2D eigenvalue weighted by atomic mass is 10.5. The van der Waals surface area contributed by atoms with Crippen molar-refractivity contribution in [2.45, 2.75) is 25.6 Å². The van der Waals surface area contributed by atoms with Crippen LogP contribution in [0.3, 0.4) is 0 Å². The molecule has 1 atom stereocenters. The Hall–Kier alpha value is 0.177. The highest BCUT2D eigenvalue weighted by atomic mass is 28.3. The van der Waals surface area contributed by atoms with Crippen LogP contribution >= 0.6 is 0 Å². The summed E-state index contributed by atoms with van der Waals surface area (Å²) in [7, 11) is 3.23. The van der Waals surface area contributed by atoms with Crippen LogP contribution in [0.2, 0.25) is 19.1 Å². The molecule has 1 aliphatic heterocycles. The first-order valence-corrected chi connectivity index (χ1v) is 6.52. The smallest absolute Gasteiger partial charge is 0.252 e. The van der Waals surface area contributed by atoms with Crippen LogP contribution in [-0.2, 0) is 0 Å². The van der Waals surface area contributed by atoms with Crippen LogP contribution in [0.5, 0.6) is 0 Å². The molecule has 0 amide bonds. The molecule has 1 N–H and O–H groups in total. The Bertz CT molecular complexity index is 90.5. The predicted octanol–water partition coefficient (Wildman–Crippen LogP) is 0.272. The van der Waals surface area contributed by atoms with Gasteiger partial charge in [0.15, 0.2) is 0 Å². The minimum absolute atomic E-state index is 0.838. The molecule has 0 aromatic carbocycles. The number of quaternary nitrogens is 1. The highest BCUT2D eigenvalue weighted by Crippen LogP contribution is 2.08. The first-order chi connectivity index (χ1) is 3.63. The summed E-state index contributed by atoms with van der Waals surface area (Å²) in [5.74, 6) is 0. The van der Waals surface area contributed by atoms with E-state index in [1.165, 1.54) is 19.0 Å². The van der Waals surface area contributed by atoms with Gasteiger partial charge in [-0.2, -0.15) is 7.05 Å². The van der Waals surface area contributed by atoms with Gasteiger partial charge in [0.05, 0.1) is 0 Å². The van der Waals surface area contributed by atoms with Gasteiger partial charge < -0.3 is 4.57 Å². The first-order valence-electron chi connectivity index (χ1n) is 3.31.